The molecule has 0 heterocycles. The van der Waals surface area contributed by atoms with Crippen LogP contribution in [0.1, 0.15) is 44.7 Å². The van der Waals surface area contributed by atoms with Gasteiger partial charge in [-0.15, -0.1) is 0 Å². The highest BCUT2D eigenvalue weighted by molar-refractivity contribution is 5.22. The van der Waals surface area contributed by atoms with Crippen LogP contribution in [0.3, 0.4) is 0 Å². The van der Waals surface area contributed by atoms with Crippen LogP contribution in [-0.4, -0.2) is 12.1 Å². The van der Waals surface area contributed by atoms with Crippen LogP contribution in [0.4, 0.5) is 0 Å². The van der Waals surface area contributed by atoms with Crippen molar-refractivity contribution in [2.75, 3.05) is 0 Å². The van der Waals surface area contributed by atoms with Gasteiger partial charge in [0.15, 0.2) is 0 Å². The smallest absolute Gasteiger partial charge is 0.00708 e. The van der Waals surface area contributed by atoms with E-state index < -0.39 is 0 Å². The Hall–Kier alpha value is -0.820. The molecule has 2 rings (SSSR count). The summed E-state index contributed by atoms with van der Waals surface area (Å²) in [6.07, 6.45) is 5.07. The zero-order valence-electron chi connectivity index (χ0n) is 11.4. The summed E-state index contributed by atoms with van der Waals surface area (Å²) in [5.74, 6) is 0.711. The second-order valence-electron chi connectivity index (χ2n) is 5.58. The van der Waals surface area contributed by atoms with Crippen molar-refractivity contribution in [1.82, 2.24) is 5.32 Å². The van der Waals surface area contributed by atoms with E-state index in [9.17, 15) is 0 Å². The summed E-state index contributed by atoms with van der Waals surface area (Å²) >= 11 is 0. The Morgan fingerprint density at radius 2 is 1.71 bits per heavy atom. The quantitative estimate of drug-likeness (QED) is 0.789. The molecular formula is C16H25N. The van der Waals surface area contributed by atoms with E-state index >= 15 is 0 Å². The number of nitrogens with one attached hydrogen (secondary N) is 1. The van der Waals surface area contributed by atoms with Crippen molar-refractivity contribution in [2.24, 2.45) is 5.92 Å². The maximum absolute atomic E-state index is 3.70. The minimum Gasteiger partial charge on any atom is -0.311 e. The molecule has 1 saturated carbocycles. The first-order valence-corrected chi connectivity index (χ1v) is 7.03. The fraction of sp³-hybridized carbons (Fsp3) is 0.625. The van der Waals surface area contributed by atoms with Gasteiger partial charge >= 0.3 is 0 Å². The standard InChI is InChI=1S/C16H25N/c1-4-14-5-7-15(8-6-14)11-12(2)13(3)17-16-9-10-16/h5-8,12-13,16-17H,4,9-11H2,1-3H3. The molecule has 0 saturated heterocycles. The average Bonchev–Trinajstić information content (AvgIpc) is 3.14. The van der Waals surface area contributed by atoms with Gasteiger partial charge in [0.1, 0.15) is 0 Å². The van der Waals surface area contributed by atoms with Crippen LogP contribution in [-0.2, 0) is 12.8 Å². The first-order chi connectivity index (χ1) is 8.19. The molecular weight excluding hydrogens is 206 g/mol. The Morgan fingerprint density at radius 3 is 2.24 bits per heavy atom. The largest absolute Gasteiger partial charge is 0.311 e. The van der Waals surface area contributed by atoms with Gasteiger partial charge in [-0.05, 0) is 49.7 Å². The van der Waals surface area contributed by atoms with E-state index in [1.165, 1.54) is 30.4 Å². The predicted molar refractivity (Wildman–Crippen MR) is 74.3 cm³/mol. The molecule has 1 aliphatic carbocycles. The number of hydrogen-bond acceptors (Lipinski definition) is 1. The van der Waals surface area contributed by atoms with E-state index in [-0.39, 0.29) is 0 Å². The van der Waals surface area contributed by atoms with E-state index in [4.69, 9.17) is 0 Å². The molecule has 1 nitrogen and oxygen atoms in total. The molecule has 1 fully saturated rings. The van der Waals surface area contributed by atoms with Crippen LogP contribution in [0.15, 0.2) is 24.3 Å². The van der Waals surface area contributed by atoms with Crippen LogP contribution in [0.5, 0.6) is 0 Å². The van der Waals surface area contributed by atoms with Crippen molar-refractivity contribution < 1.29 is 0 Å². The number of hydrogen-bond donors (Lipinski definition) is 1. The third-order valence-corrected chi connectivity index (χ3v) is 3.92. The molecule has 1 heteroatoms. The molecule has 0 amide bonds. The average molecular weight is 231 g/mol. The number of benzene rings is 1. The van der Waals surface area contributed by atoms with Gasteiger partial charge in [0.05, 0.1) is 0 Å². The first-order valence-electron chi connectivity index (χ1n) is 7.03. The highest BCUT2D eigenvalue weighted by Gasteiger charge is 2.24. The third kappa shape index (κ3) is 3.85. The van der Waals surface area contributed by atoms with E-state index in [1.54, 1.807) is 0 Å². The van der Waals surface area contributed by atoms with Gasteiger partial charge in [0, 0.05) is 12.1 Å². The molecule has 1 N–H and O–H groups in total. The lowest BCUT2D eigenvalue weighted by molar-refractivity contribution is 0.396. The highest BCUT2D eigenvalue weighted by Crippen LogP contribution is 2.22. The lowest BCUT2D eigenvalue weighted by atomic mass is 9.94. The maximum Gasteiger partial charge on any atom is 0.00708 e. The maximum atomic E-state index is 3.70. The molecule has 0 aliphatic heterocycles. The predicted octanol–water partition coefficient (Wildman–Crippen LogP) is 3.57. The van der Waals surface area contributed by atoms with Gasteiger partial charge in [-0.3, -0.25) is 0 Å². The van der Waals surface area contributed by atoms with Gasteiger partial charge in [0.2, 0.25) is 0 Å². The first kappa shape index (κ1) is 12.6. The summed E-state index contributed by atoms with van der Waals surface area (Å²) in [6.45, 7) is 6.89. The number of rotatable bonds is 6. The summed E-state index contributed by atoms with van der Waals surface area (Å²) in [5.41, 5.74) is 2.91. The van der Waals surface area contributed by atoms with E-state index in [1.807, 2.05) is 0 Å². The fourth-order valence-corrected chi connectivity index (χ4v) is 2.25. The number of aryl methyl sites for hydroxylation is 1. The summed E-state index contributed by atoms with van der Waals surface area (Å²) in [5, 5.41) is 3.70. The zero-order chi connectivity index (χ0) is 12.3. The lowest BCUT2D eigenvalue weighted by Crippen LogP contribution is -2.34. The van der Waals surface area contributed by atoms with E-state index in [2.05, 4.69) is 50.4 Å². The third-order valence-electron chi connectivity index (χ3n) is 3.92. The molecule has 2 unspecified atom stereocenters. The SMILES string of the molecule is CCc1ccc(CC(C)C(C)NC2CC2)cc1. The topological polar surface area (TPSA) is 12.0 Å². The summed E-state index contributed by atoms with van der Waals surface area (Å²) in [7, 11) is 0. The van der Waals surface area contributed by atoms with Gasteiger partial charge in [-0.25, -0.2) is 0 Å². The molecule has 1 aliphatic rings. The molecule has 17 heavy (non-hydrogen) atoms. The molecule has 2 atom stereocenters. The normalized spacial score (nSPS) is 19.0. The fourth-order valence-electron chi connectivity index (χ4n) is 2.25. The van der Waals surface area contributed by atoms with Gasteiger partial charge in [0.25, 0.3) is 0 Å². The molecule has 1 aromatic carbocycles. The van der Waals surface area contributed by atoms with Gasteiger partial charge in [-0.1, -0.05) is 38.1 Å². The Balaban J connectivity index is 1.85. The molecule has 0 radical (unpaired) electrons. The molecule has 0 aromatic heterocycles. The lowest BCUT2D eigenvalue weighted by Gasteiger charge is -2.21. The van der Waals surface area contributed by atoms with Crippen molar-refractivity contribution in [3.63, 3.8) is 0 Å². The van der Waals surface area contributed by atoms with Crippen molar-refractivity contribution in [3.05, 3.63) is 35.4 Å². The van der Waals surface area contributed by atoms with Crippen molar-refractivity contribution in [1.29, 1.82) is 0 Å². The zero-order valence-corrected chi connectivity index (χ0v) is 11.4. The van der Waals surface area contributed by atoms with Crippen LogP contribution in [0, 0.1) is 5.92 Å². The monoisotopic (exact) mass is 231 g/mol. The molecule has 1 aromatic rings. The van der Waals surface area contributed by atoms with Crippen LogP contribution >= 0.6 is 0 Å². The Labute approximate surface area is 106 Å². The van der Waals surface area contributed by atoms with Crippen LogP contribution < -0.4 is 5.32 Å². The Kier molecular flexibility index (Phi) is 4.22. The minimum atomic E-state index is 0.633. The molecule has 0 spiro atoms. The van der Waals surface area contributed by atoms with Crippen molar-refractivity contribution in [2.45, 2.75) is 58.5 Å². The van der Waals surface area contributed by atoms with Crippen LogP contribution in [0.25, 0.3) is 0 Å². The molecule has 94 valence electrons. The summed E-state index contributed by atoms with van der Waals surface area (Å²) < 4.78 is 0. The minimum absolute atomic E-state index is 0.633. The van der Waals surface area contributed by atoms with Gasteiger partial charge in [-0.2, -0.15) is 0 Å². The Bertz CT molecular complexity index is 337. The van der Waals surface area contributed by atoms with E-state index in [0.717, 1.165) is 12.5 Å². The Morgan fingerprint density at radius 1 is 1.12 bits per heavy atom. The second kappa shape index (κ2) is 5.68. The van der Waals surface area contributed by atoms with Crippen LogP contribution in [0.2, 0.25) is 0 Å². The highest BCUT2D eigenvalue weighted by atomic mass is 15.0. The molecule has 0 bridgehead atoms. The summed E-state index contributed by atoms with van der Waals surface area (Å²) in [6, 6.07) is 10.6. The van der Waals surface area contributed by atoms with Crippen molar-refractivity contribution in [3.8, 4) is 0 Å². The second-order valence-corrected chi connectivity index (χ2v) is 5.58. The van der Waals surface area contributed by atoms with Gasteiger partial charge < -0.3 is 5.32 Å². The summed E-state index contributed by atoms with van der Waals surface area (Å²) in [4.78, 5) is 0. The van der Waals surface area contributed by atoms with Crippen molar-refractivity contribution >= 4 is 0 Å². The van der Waals surface area contributed by atoms with E-state index in [0.29, 0.717) is 12.0 Å².